The fourth-order valence-electron chi connectivity index (χ4n) is 3.99. The van der Waals surface area contributed by atoms with Crippen LogP contribution < -0.4 is 16.0 Å². The number of ether oxygens (including phenoxy) is 1. The van der Waals surface area contributed by atoms with E-state index in [1.807, 2.05) is 0 Å². The second kappa shape index (κ2) is 11.4. The molecular weight excluding hydrogens is 514 g/mol. The van der Waals surface area contributed by atoms with E-state index < -0.39 is 30.1 Å². The number of nitrogens with zero attached hydrogens (tertiary/aromatic N) is 4. The maximum Gasteiger partial charge on any atom is 0.434 e. The zero-order valence-corrected chi connectivity index (χ0v) is 21.0. The van der Waals surface area contributed by atoms with E-state index in [1.165, 1.54) is 0 Å². The van der Waals surface area contributed by atoms with Gasteiger partial charge in [-0.3, -0.25) is 4.79 Å². The molecule has 0 radical (unpaired) electrons. The van der Waals surface area contributed by atoms with E-state index in [0.717, 1.165) is 37.2 Å². The molecule has 1 saturated heterocycles. The lowest BCUT2D eigenvalue weighted by atomic mass is 10.1. The summed E-state index contributed by atoms with van der Waals surface area (Å²) in [6.45, 7) is 5.97. The Kier molecular flexibility index (Phi) is 8.27. The van der Waals surface area contributed by atoms with E-state index in [0.29, 0.717) is 41.4 Å². The molecule has 2 aliphatic heterocycles. The van der Waals surface area contributed by atoms with Crippen LogP contribution in [-0.2, 0) is 10.9 Å². The highest BCUT2D eigenvalue weighted by Gasteiger charge is 2.33. The standard InChI is InChI=1S/C23H27F4N7O2S/c1-3-7-34-8-6-16(15(24)12-34)36-19-5-4-14(9-30-19)31-21(35)20-13(2)33-37-22(20)32-18-11-28-17(10-29-18)23(25,26)27/h4-5,10-11,15-16,30H,3,6-9,12H2,1-2H3,(H,29,32)(H,31,35)/t15-,16-/m0/s1. The van der Waals surface area contributed by atoms with Gasteiger partial charge in [0, 0.05) is 18.8 Å². The predicted octanol–water partition coefficient (Wildman–Crippen LogP) is 3.90. The summed E-state index contributed by atoms with van der Waals surface area (Å²) in [6.07, 6.45) is 0.226. The molecule has 37 heavy (non-hydrogen) atoms. The number of hydrogen-bond acceptors (Lipinski definition) is 9. The molecule has 2 aromatic heterocycles. The van der Waals surface area contributed by atoms with E-state index >= 15 is 0 Å². The topological polar surface area (TPSA) is 104 Å². The molecule has 9 nitrogen and oxygen atoms in total. The van der Waals surface area contributed by atoms with Crippen LogP contribution in [0.1, 0.15) is 41.5 Å². The number of rotatable bonds is 8. The van der Waals surface area contributed by atoms with Gasteiger partial charge in [0.25, 0.3) is 5.91 Å². The third-order valence-electron chi connectivity index (χ3n) is 5.82. The summed E-state index contributed by atoms with van der Waals surface area (Å²) < 4.78 is 62.7. The molecule has 4 heterocycles. The highest BCUT2D eigenvalue weighted by atomic mass is 32.1. The lowest BCUT2D eigenvalue weighted by molar-refractivity contribution is -0.141. The lowest BCUT2D eigenvalue weighted by Gasteiger charge is -2.35. The zero-order valence-electron chi connectivity index (χ0n) is 20.2. The van der Waals surface area contributed by atoms with E-state index in [9.17, 15) is 22.4 Å². The van der Waals surface area contributed by atoms with Crippen LogP contribution in [0.15, 0.2) is 36.1 Å². The first kappa shape index (κ1) is 26.8. The minimum atomic E-state index is -4.60. The number of allylic oxidation sites excluding steroid dienone is 2. The van der Waals surface area contributed by atoms with E-state index in [1.54, 1.807) is 19.1 Å². The first-order chi connectivity index (χ1) is 17.6. The largest absolute Gasteiger partial charge is 0.473 e. The Hall–Kier alpha value is -3.26. The predicted molar refractivity (Wildman–Crippen MR) is 130 cm³/mol. The van der Waals surface area contributed by atoms with Gasteiger partial charge in [0.2, 0.25) is 0 Å². The molecule has 0 spiro atoms. The Balaban J connectivity index is 1.36. The van der Waals surface area contributed by atoms with Crippen LogP contribution in [0.2, 0.25) is 0 Å². The van der Waals surface area contributed by atoms with Crippen LogP contribution >= 0.6 is 11.5 Å². The van der Waals surface area contributed by atoms with Gasteiger partial charge in [-0.25, -0.2) is 14.4 Å². The number of amides is 1. The van der Waals surface area contributed by atoms with Crippen LogP contribution in [0.4, 0.5) is 28.4 Å². The number of likely N-dealkylation sites (tertiary alicyclic amines) is 1. The number of piperidine rings is 1. The first-order valence-corrected chi connectivity index (χ1v) is 12.5. The number of nitrogens with one attached hydrogen (secondary N) is 3. The van der Waals surface area contributed by atoms with E-state index in [-0.39, 0.29) is 17.9 Å². The molecule has 4 rings (SSSR count). The average molecular weight is 542 g/mol. The van der Waals surface area contributed by atoms with E-state index in [4.69, 9.17) is 4.74 Å². The summed E-state index contributed by atoms with van der Waals surface area (Å²) in [5.74, 6) is 0.0263. The fourth-order valence-corrected chi connectivity index (χ4v) is 4.79. The maximum atomic E-state index is 14.5. The molecule has 2 aromatic rings. The second-order valence-electron chi connectivity index (χ2n) is 8.67. The minimum Gasteiger partial charge on any atom is -0.473 e. The Morgan fingerprint density at radius 1 is 1.30 bits per heavy atom. The summed E-state index contributed by atoms with van der Waals surface area (Å²) in [7, 11) is 0. The van der Waals surface area contributed by atoms with Gasteiger partial charge < -0.3 is 25.6 Å². The quantitative estimate of drug-likeness (QED) is 0.433. The summed E-state index contributed by atoms with van der Waals surface area (Å²) >= 11 is 0.976. The average Bonchev–Trinajstić information content (AvgIpc) is 3.22. The second-order valence-corrected chi connectivity index (χ2v) is 9.45. The van der Waals surface area contributed by atoms with Crippen molar-refractivity contribution >= 4 is 28.3 Å². The minimum absolute atomic E-state index is 0.0423. The number of dihydropyridines is 1. The first-order valence-electron chi connectivity index (χ1n) is 11.8. The molecule has 3 N–H and O–H groups in total. The Bertz CT molecular complexity index is 1170. The van der Waals surface area contributed by atoms with Crippen molar-refractivity contribution in [1.82, 2.24) is 29.9 Å². The van der Waals surface area contributed by atoms with Crippen molar-refractivity contribution in [2.24, 2.45) is 0 Å². The van der Waals surface area contributed by atoms with Crippen LogP contribution in [0.25, 0.3) is 0 Å². The maximum absolute atomic E-state index is 14.5. The summed E-state index contributed by atoms with van der Waals surface area (Å²) in [5.41, 5.74) is 0.112. The summed E-state index contributed by atoms with van der Waals surface area (Å²) in [5, 5.41) is 8.96. The normalized spacial score (nSPS) is 20.5. The molecule has 0 bridgehead atoms. The molecule has 200 valence electrons. The van der Waals surface area contributed by atoms with Gasteiger partial charge in [-0.2, -0.15) is 17.5 Å². The number of hydrogen-bond donors (Lipinski definition) is 3. The zero-order chi connectivity index (χ0) is 26.6. The van der Waals surface area contributed by atoms with Crippen molar-refractivity contribution in [1.29, 1.82) is 0 Å². The molecule has 2 aliphatic rings. The van der Waals surface area contributed by atoms with Crippen molar-refractivity contribution < 1.29 is 27.1 Å². The van der Waals surface area contributed by atoms with Gasteiger partial charge in [0.1, 0.15) is 23.1 Å². The molecule has 2 atom stereocenters. The van der Waals surface area contributed by atoms with Crippen molar-refractivity contribution in [3.63, 3.8) is 0 Å². The molecule has 0 saturated carbocycles. The molecular formula is C23H27F4N7O2S. The van der Waals surface area contributed by atoms with Crippen LogP contribution in [0.5, 0.6) is 0 Å². The molecule has 0 aromatic carbocycles. The van der Waals surface area contributed by atoms with Gasteiger partial charge in [-0.1, -0.05) is 6.92 Å². The van der Waals surface area contributed by atoms with Gasteiger partial charge in [0.15, 0.2) is 11.6 Å². The Morgan fingerprint density at radius 3 is 2.73 bits per heavy atom. The molecule has 14 heteroatoms. The lowest BCUT2D eigenvalue weighted by Crippen LogP contribution is -2.46. The van der Waals surface area contributed by atoms with E-state index in [2.05, 4.69) is 42.1 Å². The van der Waals surface area contributed by atoms with Gasteiger partial charge in [0.05, 0.1) is 30.2 Å². The van der Waals surface area contributed by atoms with Crippen molar-refractivity contribution in [3.8, 4) is 0 Å². The summed E-state index contributed by atoms with van der Waals surface area (Å²) in [6, 6.07) is 0. The van der Waals surface area contributed by atoms with Crippen molar-refractivity contribution in [2.75, 3.05) is 31.5 Å². The SMILES string of the molecule is CCCN1CC[C@H](OC2=CC=C(NC(=O)c3c(C)nsc3Nc3cnc(C(F)(F)F)cn3)CN2)[C@@H](F)C1. The number of aromatic nitrogens is 3. The molecule has 0 aliphatic carbocycles. The van der Waals surface area contributed by atoms with Crippen molar-refractivity contribution in [3.05, 3.63) is 53.1 Å². The highest BCUT2D eigenvalue weighted by Crippen LogP contribution is 2.30. The van der Waals surface area contributed by atoms with Crippen molar-refractivity contribution in [2.45, 2.75) is 45.1 Å². The third kappa shape index (κ3) is 6.74. The number of anilines is 2. The number of carbonyl (C=O) groups excluding carboxylic acids is 1. The summed E-state index contributed by atoms with van der Waals surface area (Å²) in [4.78, 5) is 22.1. The third-order valence-corrected chi connectivity index (χ3v) is 6.67. The fraction of sp³-hybridized carbons (Fsp3) is 0.478. The number of aryl methyl sites for hydroxylation is 1. The Morgan fingerprint density at radius 2 is 2.11 bits per heavy atom. The van der Waals surface area contributed by atoms with Crippen LogP contribution in [0, 0.1) is 6.92 Å². The molecule has 0 unspecified atom stereocenters. The van der Waals surface area contributed by atoms with Crippen LogP contribution in [0.3, 0.4) is 0 Å². The monoisotopic (exact) mass is 541 g/mol. The van der Waals surface area contributed by atoms with Crippen LogP contribution in [-0.4, -0.2) is 63.6 Å². The molecule has 1 fully saturated rings. The number of carbonyl (C=O) groups is 1. The van der Waals surface area contributed by atoms with Gasteiger partial charge >= 0.3 is 6.18 Å². The Labute approximate surface area is 215 Å². The van der Waals surface area contributed by atoms with Gasteiger partial charge in [-0.15, -0.1) is 0 Å². The van der Waals surface area contributed by atoms with Gasteiger partial charge in [-0.05, 0) is 50.0 Å². The smallest absolute Gasteiger partial charge is 0.434 e. The number of halogens is 4. The number of alkyl halides is 4. The molecule has 1 amide bonds. The highest BCUT2D eigenvalue weighted by molar-refractivity contribution is 7.10.